The van der Waals surface area contributed by atoms with E-state index in [2.05, 4.69) is 28.7 Å². The number of nitrogens with zero attached hydrogens (tertiary/aromatic N) is 3. The van der Waals surface area contributed by atoms with Gasteiger partial charge in [0, 0.05) is 40.3 Å². The minimum absolute atomic E-state index is 0.0397. The maximum absolute atomic E-state index is 13.4. The Kier molecular flexibility index (Phi) is 8.21. The lowest BCUT2D eigenvalue weighted by Gasteiger charge is -2.17. The summed E-state index contributed by atoms with van der Waals surface area (Å²) in [6, 6.07) is 14.0. The zero-order chi connectivity index (χ0) is 25.7. The molecule has 1 atom stereocenters. The third-order valence-electron chi connectivity index (χ3n) is 6.48. The average Bonchev–Trinajstić information content (AvgIpc) is 3.52. The van der Waals surface area contributed by atoms with Crippen molar-refractivity contribution in [3.05, 3.63) is 71.0 Å². The molecule has 0 saturated heterocycles. The summed E-state index contributed by atoms with van der Waals surface area (Å²) >= 11 is 1.58. The van der Waals surface area contributed by atoms with Crippen molar-refractivity contribution in [2.45, 2.75) is 59.4 Å². The Hall–Kier alpha value is -3.45. The summed E-state index contributed by atoms with van der Waals surface area (Å²) in [4.78, 5) is 22.8. The molecule has 0 spiro atoms. The van der Waals surface area contributed by atoms with E-state index in [-0.39, 0.29) is 11.9 Å². The van der Waals surface area contributed by atoms with Crippen LogP contribution in [-0.2, 0) is 0 Å². The molecule has 1 aromatic carbocycles. The molecule has 3 aromatic heterocycles. The smallest absolute Gasteiger partial charge is 0.253 e. The molecule has 0 aliphatic rings. The van der Waals surface area contributed by atoms with E-state index in [0.29, 0.717) is 5.56 Å². The molecule has 188 valence electrons. The second kappa shape index (κ2) is 11.5. The average molecular weight is 503 g/mol. The van der Waals surface area contributed by atoms with Crippen LogP contribution in [0.25, 0.3) is 27.6 Å². The fraction of sp³-hybridized carbons (Fsp3) is 0.345. The summed E-state index contributed by atoms with van der Waals surface area (Å²) in [5.41, 5.74) is 6.16. The van der Waals surface area contributed by atoms with Crippen LogP contribution in [0.4, 0.5) is 0 Å². The Balaban J connectivity index is 1.76. The van der Waals surface area contributed by atoms with Gasteiger partial charge in [-0.15, -0.1) is 11.3 Å². The molecule has 36 heavy (non-hydrogen) atoms. The highest BCUT2D eigenvalue weighted by Gasteiger charge is 2.23. The number of hydrogen-bond donors (Lipinski definition) is 1. The van der Waals surface area contributed by atoms with Gasteiger partial charge in [0.15, 0.2) is 0 Å². The molecule has 0 fully saturated rings. The van der Waals surface area contributed by atoms with Gasteiger partial charge in [-0.2, -0.15) is 0 Å². The molecule has 1 amide bonds. The van der Waals surface area contributed by atoms with E-state index in [9.17, 15) is 4.79 Å². The van der Waals surface area contributed by atoms with Gasteiger partial charge >= 0.3 is 0 Å². The van der Waals surface area contributed by atoms with Crippen LogP contribution in [0.15, 0.2) is 54.0 Å². The maximum Gasteiger partial charge on any atom is 0.253 e. The number of nitrogens with one attached hydrogen (secondary N) is 1. The van der Waals surface area contributed by atoms with Crippen molar-refractivity contribution in [1.29, 1.82) is 0 Å². The molecule has 0 radical (unpaired) electrons. The van der Waals surface area contributed by atoms with E-state index in [1.165, 1.54) is 0 Å². The Morgan fingerprint density at radius 3 is 2.56 bits per heavy atom. The highest BCUT2D eigenvalue weighted by atomic mass is 32.1. The van der Waals surface area contributed by atoms with E-state index in [0.717, 1.165) is 70.5 Å². The monoisotopic (exact) mass is 502 g/mol. The zero-order valence-electron chi connectivity index (χ0n) is 21.7. The normalized spacial score (nSPS) is 11.9. The van der Waals surface area contributed by atoms with Gasteiger partial charge in [-0.1, -0.05) is 26.7 Å². The standard InChI is InChI=1S/C29H34N4O2S/c1-6-8-9-22(7-2)31-28(34)25-16-27(33(20(25)4)23-12-14-24(35-5)15-13-23)26-18-36-29(32-26)21-11-10-19(3)30-17-21/h10-18,22H,6-9H2,1-5H3,(H,31,34). The number of aryl methyl sites for hydroxylation is 1. The molecule has 3 heterocycles. The molecule has 0 aliphatic heterocycles. The molecule has 1 N–H and O–H groups in total. The van der Waals surface area contributed by atoms with Crippen LogP contribution in [0, 0.1) is 13.8 Å². The minimum atomic E-state index is -0.0397. The molecule has 0 aliphatic carbocycles. The fourth-order valence-electron chi connectivity index (χ4n) is 4.30. The Bertz CT molecular complexity index is 1310. The van der Waals surface area contributed by atoms with Crippen LogP contribution >= 0.6 is 11.3 Å². The Morgan fingerprint density at radius 1 is 1.14 bits per heavy atom. The van der Waals surface area contributed by atoms with Gasteiger partial charge in [0.25, 0.3) is 5.91 Å². The first-order valence-electron chi connectivity index (χ1n) is 12.5. The molecule has 0 bridgehead atoms. The number of thiazole rings is 1. The van der Waals surface area contributed by atoms with E-state index in [4.69, 9.17) is 9.72 Å². The first-order chi connectivity index (χ1) is 17.4. The molecule has 7 heteroatoms. The van der Waals surface area contributed by atoms with Gasteiger partial charge in [-0.3, -0.25) is 9.78 Å². The number of benzene rings is 1. The van der Waals surface area contributed by atoms with Crippen LogP contribution in [0.2, 0.25) is 0 Å². The summed E-state index contributed by atoms with van der Waals surface area (Å²) in [6.07, 6.45) is 5.98. The summed E-state index contributed by atoms with van der Waals surface area (Å²) in [5.74, 6) is 0.745. The van der Waals surface area contributed by atoms with Crippen molar-refractivity contribution in [1.82, 2.24) is 19.9 Å². The van der Waals surface area contributed by atoms with Crippen molar-refractivity contribution >= 4 is 17.2 Å². The minimum Gasteiger partial charge on any atom is -0.497 e. The fourth-order valence-corrected chi connectivity index (χ4v) is 5.10. The van der Waals surface area contributed by atoms with Crippen LogP contribution in [-0.4, -0.2) is 33.6 Å². The second-order valence-electron chi connectivity index (χ2n) is 9.01. The highest BCUT2D eigenvalue weighted by molar-refractivity contribution is 7.13. The number of methoxy groups -OCH3 is 1. The van der Waals surface area contributed by atoms with Gasteiger partial charge in [0.1, 0.15) is 10.8 Å². The van der Waals surface area contributed by atoms with Crippen LogP contribution in [0.3, 0.4) is 0 Å². The molecule has 1 unspecified atom stereocenters. The van der Waals surface area contributed by atoms with Gasteiger partial charge < -0.3 is 14.6 Å². The van der Waals surface area contributed by atoms with E-state index >= 15 is 0 Å². The molecule has 4 aromatic rings. The summed E-state index contributed by atoms with van der Waals surface area (Å²) in [5, 5.41) is 6.20. The summed E-state index contributed by atoms with van der Waals surface area (Å²) < 4.78 is 7.46. The van der Waals surface area contributed by atoms with Crippen molar-refractivity contribution in [3.63, 3.8) is 0 Å². The van der Waals surface area contributed by atoms with Crippen molar-refractivity contribution in [2.24, 2.45) is 0 Å². The number of amides is 1. The zero-order valence-corrected chi connectivity index (χ0v) is 22.5. The molecule has 4 rings (SSSR count). The van der Waals surface area contributed by atoms with Crippen molar-refractivity contribution in [3.8, 4) is 33.4 Å². The number of aromatic nitrogens is 3. The van der Waals surface area contributed by atoms with Gasteiger partial charge in [-0.05, 0) is 69.2 Å². The lowest BCUT2D eigenvalue weighted by Crippen LogP contribution is -2.34. The number of rotatable bonds is 10. The molecular formula is C29H34N4O2S. The molecular weight excluding hydrogens is 468 g/mol. The maximum atomic E-state index is 13.4. The number of carbonyl (C=O) groups excluding carboxylic acids is 1. The van der Waals surface area contributed by atoms with Crippen LogP contribution < -0.4 is 10.1 Å². The predicted molar refractivity (Wildman–Crippen MR) is 147 cm³/mol. The number of carbonyl (C=O) groups is 1. The quantitative estimate of drug-likeness (QED) is 0.254. The van der Waals surface area contributed by atoms with Crippen LogP contribution in [0.1, 0.15) is 61.3 Å². The van der Waals surface area contributed by atoms with Crippen molar-refractivity contribution < 1.29 is 9.53 Å². The van der Waals surface area contributed by atoms with Gasteiger partial charge in [0.05, 0.1) is 24.1 Å². The largest absolute Gasteiger partial charge is 0.497 e. The number of ether oxygens (including phenoxy) is 1. The third kappa shape index (κ3) is 5.51. The van der Waals surface area contributed by atoms with Crippen molar-refractivity contribution in [2.75, 3.05) is 7.11 Å². The lowest BCUT2D eigenvalue weighted by molar-refractivity contribution is 0.0932. The van der Waals surface area contributed by atoms with E-state index < -0.39 is 0 Å². The SMILES string of the molecule is CCCCC(CC)NC(=O)c1cc(-c2csc(-c3ccc(C)nc3)n2)n(-c2ccc(OC)cc2)c1C. The summed E-state index contributed by atoms with van der Waals surface area (Å²) in [7, 11) is 1.66. The highest BCUT2D eigenvalue weighted by Crippen LogP contribution is 2.34. The van der Waals surface area contributed by atoms with Crippen LogP contribution in [0.5, 0.6) is 5.75 Å². The van der Waals surface area contributed by atoms with E-state index in [1.807, 2.05) is 67.9 Å². The molecule has 6 nitrogen and oxygen atoms in total. The Morgan fingerprint density at radius 2 is 1.92 bits per heavy atom. The Labute approximate surface area is 217 Å². The first-order valence-corrected chi connectivity index (χ1v) is 13.4. The number of pyridine rings is 1. The van der Waals surface area contributed by atoms with Gasteiger partial charge in [-0.25, -0.2) is 4.98 Å². The predicted octanol–water partition coefficient (Wildman–Crippen LogP) is 6.99. The van der Waals surface area contributed by atoms with Gasteiger partial charge in [0.2, 0.25) is 0 Å². The first kappa shape index (κ1) is 25.6. The lowest BCUT2D eigenvalue weighted by atomic mass is 10.1. The molecule has 0 saturated carbocycles. The topological polar surface area (TPSA) is 69.0 Å². The third-order valence-corrected chi connectivity index (χ3v) is 7.37. The summed E-state index contributed by atoms with van der Waals surface area (Å²) in [6.45, 7) is 8.26. The number of unbranched alkanes of at least 4 members (excludes halogenated alkanes) is 1. The van der Waals surface area contributed by atoms with E-state index in [1.54, 1.807) is 18.4 Å². The second-order valence-corrected chi connectivity index (χ2v) is 9.87. The number of hydrogen-bond acceptors (Lipinski definition) is 5.